The van der Waals surface area contributed by atoms with Gasteiger partial charge in [-0.15, -0.1) is 0 Å². The van der Waals surface area contributed by atoms with Crippen LogP contribution >= 0.6 is 0 Å². The van der Waals surface area contributed by atoms with E-state index >= 15 is 0 Å². The van der Waals surface area contributed by atoms with Crippen molar-refractivity contribution < 1.29 is 9.84 Å². The molecule has 0 radical (unpaired) electrons. The maximum atomic E-state index is 9.52. The second-order valence-electron chi connectivity index (χ2n) is 5.70. The molecular formula is C15H24N4O2. The number of likely N-dealkylation sites (N-methyl/N-ethyl adjacent to an activating group) is 1. The molecule has 116 valence electrons. The minimum Gasteiger partial charge on any atom is -0.395 e. The van der Waals surface area contributed by atoms with Crippen LogP contribution in [-0.4, -0.2) is 57.6 Å². The van der Waals surface area contributed by atoms with Gasteiger partial charge in [-0.3, -0.25) is 10.00 Å². The third-order valence-electron chi connectivity index (χ3n) is 3.54. The fraction of sp³-hybridized carbons (Fsp3) is 0.600. The molecule has 2 aromatic rings. The normalized spacial score (nSPS) is 13.5. The molecule has 0 aliphatic rings. The van der Waals surface area contributed by atoms with Crippen molar-refractivity contribution in [2.75, 3.05) is 20.3 Å². The number of aliphatic hydroxyl groups is 1. The molecule has 0 spiro atoms. The third kappa shape index (κ3) is 4.00. The molecule has 2 aromatic heterocycles. The van der Waals surface area contributed by atoms with Crippen molar-refractivity contribution in [3.63, 3.8) is 0 Å². The van der Waals surface area contributed by atoms with Gasteiger partial charge < -0.3 is 9.84 Å². The van der Waals surface area contributed by atoms with Crippen molar-refractivity contribution in [2.24, 2.45) is 0 Å². The Morgan fingerprint density at radius 1 is 1.43 bits per heavy atom. The molecule has 0 saturated carbocycles. The van der Waals surface area contributed by atoms with Crippen molar-refractivity contribution in [1.82, 2.24) is 20.1 Å². The van der Waals surface area contributed by atoms with Gasteiger partial charge in [0.15, 0.2) is 5.65 Å². The fourth-order valence-electron chi connectivity index (χ4n) is 2.19. The first-order valence-corrected chi connectivity index (χ1v) is 7.23. The number of nitrogens with zero attached hydrogens (tertiary/aromatic N) is 3. The Hall–Kier alpha value is -1.50. The fourth-order valence-corrected chi connectivity index (χ4v) is 2.19. The molecule has 0 fully saturated rings. The summed E-state index contributed by atoms with van der Waals surface area (Å²) in [7, 11) is 1.98. The lowest BCUT2D eigenvalue weighted by atomic mass is 10.2. The first kappa shape index (κ1) is 15.9. The number of H-pyrrole nitrogens is 1. The highest BCUT2D eigenvalue weighted by atomic mass is 16.5. The van der Waals surface area contributed by atoms with Gasteiger partial charge in [0, 0.05) is 23.8 Å². The topological polar surface area (TPSA) is 74.3 Å². The molecule has 2 heterocycles. The van der Waals surface area contributed by atoms with Crippen molar-refractivity contribution in [1.29, 1.82) is 0 Å². The highest BCUT2D eigenvalue weighted by Crippen LogP contribution is 2.16. The van der Waals surface area contributed by atoms with E-state index in [0.717, 1.165) is 22.3 Å². The van der Waals surface area contributed by atoms with E-state index in [9.17, 15) is 5.11 Å². The number of hydrogen-bond acceptors (Lipinski definition) is 5. The van der Waals surface area contributed by atoms with E-state index < -0.39 is 0 Å². The van der Waals surface area contributed by atoms with Crippen LogP contribution in [-0.2, 0) is 11.3 Å². The summed E-state index contributed by atoms with van der Waals surface area (Å²) < 4.78 is 5.60. The quantitative estimate of drug-likeness (QED) is 0.808. The van der Waals surface area contributed by atoms with Gasteiger partial charge in [0.2, 0.25) is 0 Å². The maximum absolute atomic E-state index is 9.52. The summed E-state index contributed by atoms with van der Waals surface area (Å²) in [5.74, 6) is 0. The lowest BCUT2D eigenvalue weighted by Gasteiger charge is -2.27. The first-order valence-electron chi connectivity index (χ1n) is 7.23. The number of aliphatic hydroxyl groups excluding tert-OH is 1. The predicted molar refractivity (Wildman–Crippen MR) is 82.1 cm³/mol. The minimum atomic E-state index is -0.0199. The summed E-state index contributed by atoms with van der Waals surface area (Å²) in [6, 6.07) is 2.07. The number of fused-ring (bicyclic) bond motifs is 1. The number of hydrogen-bond donors (Lipinski definition) is 2. The number of aromatic nitrogens is 3. The first-order chi connectivity index (χ1) is 10.0. The van der Waals surface area contributed by atoms with Crippen LogP contribution in [0.15, 0.2) is 12.3 Å². The van der Waals surface area contributed by atoms with Crippen LogP contribution in [0, 0.1) is 6.92 Å². The Bertz CT molecular complexity index is 582. The zero-order chi connectivity index (χ0) is 15.4. The molecule has 0 aromatic carbocycles. The van der Waals surface area contributed by atoms with E-state index in [1.165, 1.54) is 0 Å². The smallest absolute Gasteiger partial charge is 0.181 e. The van der Waals surface area contributed by atoms with E-state index in [1.807, 2.05) is 34.0 Å². The molecule has 0 aliphatic carbocycles. The van der Waals surface area contributed by atoms with E-state index in [0.29, 0.717) is 13.2 Å². The van der Waals surface area contributed by atoms with Gasteiger partial charge in [0.1, 0.15) is 0 Å². The molecule has 2 rings (SSSR count). The zero-order valence-electron chi connectivity index (χ0n) is 13.1. The third-order valence-corrected chi connectivity index (χ3v) is 3.54. The van der Waals surface area contributed by atoms with Crippen LogP contribution in [0.2, 0.25) is 0 Å². The van der Waals surface area contributed by atoms with Crippen LogP contribution in [0.1, 0.15) is 25.1 Å². The zero-order valence-corrected chi connectivity index (χ0v) is 13.1. The highest BCUT2D eigenvalue weighted by molar-refractivity contribution is 5.77. The maximum Gasteiger partial charge on any atom is 0.181 e. The molecule has 2 N–H and O–H groups in total. The number of pyridine rings is 1. The largest absolute Gasteiger partial charge is 0.395 e. The number of nitrogens with one attached hydrogen (secondary N) is 1. The van der Waals surface area contributed by atoms with E-state index in [-0.39, 0.29) is 18.8 Å². The summed E-state index contributed by atoms with van der Waals surface area (Å²) in [6.45, 7) is 7.27. The molecule has 6 heteroatoms. The van der Waals surface area contributed by atoms with E-state index in [2.05, 4.69) is 26.1 Å². The highest BCUT2D eigenvalue weighted by Gasteiger charge is 2.16. The lowest BCUT2D eigenvalue weighted by Crippen LogP contribution is -2.38. The summed E-state index contributed by atoms with van der Waals surface area (Å²) in [6.07, 6.45) is 2.00. The summed E-state index contributed by atoms with van der Waals surface area (Å²) in [5, 5.41) is 17.6. The second kappa shape index (κ2) is 6.98. The molecule has 1 atom stereocenters. The van der Waals surface area contributed by atoms with E-state index in [1.54, 1.807) is 0 Å². The number of aryl methyl sites for hydroxylation is 1. The minimum absolute atomic E-state index is 0.0199. The van der Waals surface area contributed by atoms with Crippen molar-refractivity contribution in [2.45, 2.75) is 39.5 Å². The number of aromatic amines is 1. The average Bonchev–Trinajstić information content (AvgIpc) is 2.80. The Balaban J connectivity index is 2.05. The molecule has 0 aliphatic heterocycles. The van der Waals surface area contributed by atoms with Crippen LogP contribution in [0.4, 0.5) is 0 Å². The van der Waals surface area contributed by atoms with Gasteiger partial charge in [-0.2, -0.15) is 5.10 Å². The number of ether oxygens (including phenoxy) is 1. The molecule has 0 bridgehead atoms. The van der Waals surface area contributed by atoms with Crippen molar-refractivity contribution >= 4 is 11.0 Å². The van der Waals surface area contributed by atoms with Crippen molar-refractivity contribution in [3.8, 4) is 0 Å². The van der Waals surface area contributed by atoms with Gasteiger partial charge in [-0.1, -0.05) is 0 Å². The molecule has 0 amide bonds. The summed E-state index contributed by atoms with van der Waals surface area (Å²) in [5.41, 5.74) is 2.85. The predicted octanol–water partition coefficient (Wildman–Crippen LogP) is 1.48. The SMILES string of the molecule is Cc1[nH]nc2ncc(CN(C)C(CO)COC(C)C)cc12. The Labute approximate surface area is 125 Å². The Kier molecular flexibility index (Phi) is 5.27. The Morgan fingerprint density at radius 2 is 2.19 bits per heavy atom. The lowest BCUT2D eigenvalue weighted by molar-refractivity contribution is 0.0104. The summed E-state index contributed by atoms with van der Waals surface area (Å²) >= 11 is 0. The van der Waals surface area contributed by atoms with Crippen LogP contribution in [0.3, 0.4) is 0 Å². The second-order valence-corrected chi connectivity index (χ2v) is 5.70. The van der Waals surface area contributed by atoms with Gasteiger partial charge in [0.05, 0.1) is 25.4 Å². The molecular weight excluding hydrogens is 268 g/mol. The van der Waals surface area contributed by atoms with E-state index in [4.69, 9.17) is 4.74 Å². The monoisotopic (exact) mass is 292 g/mol. The molecule has 21 heavy (non-hydrogen) atoms. The van der Waals surface area contributed by atoms with Crippen LogP contribution in [0.25, 0.3) is 11.0 Å². The molecule has 0 saturated heterocycles. The average molecular weight is 292 g/mol. The van der Waals surface area contributed by atoms with Crippen molar-refractivity contribution in [3.05, 3.63) is 23.5 Å². The molecule has 1 unspecified atom stereocenters. The van der Waals surface area contributed by atoms with Crippen LogP contribution < -0.4 is 0 Å². The van der Waals surface area contributed by atoms with Gasteiger partial charge in [0.25, 0.3) is 0 Å². The van der Waals surface area contributed by atoms with Gasteiger partial charge >= 0.3 is 0 Å². The summed E-state index contributed by atoms with van der Waals surface area (Å²) in [4.78, 5) is 6.44. The molecule has 6 nitrogen and oxygen atoms in total. The Morgan fingerprint density at radius 3 is 2.86 bits per heavy atom. The van der Waals surface area contributed by atoms with Crippen LogP contribution in [0.5, 0.6) is 0 Å². The standard InChI is InChI=1S/C15H24N4O2/c1-10(2)21-9-13(8-20)19(4)7-12-5-14-11(3)17-18-15(14)16-6-12/h5-6,10,13,20H,7-9H2,1-4H3,(H,16,17,18). The van der Waals surface area contributed by atoms with Gasteiger partial charge in [-0.25, -0.2) is 4.98 Å². The number of rotatable bonds is 7. The van der Waals surface area contributed by atoms with Gasteiger partial charge in [-0.05, 0) is 39.4 Å².